The molecule has 0 fully saturated rings. The number of para-hydroxylation sites is 2. The molecule has 17 heavy (non-hydrogen) atoms. The Bertz CT molecular complexity index is 579. The van der Waals surface area contributed by atoms with E-state index in [1.165, 1.54) is 0 Å². The van der Waals surface area contributed by atoms with Crippen molar-refractivity contribution in [3.63, 3.8) is 0 Å². The fraction of sp³-hybridized carbons (Fsp3) is 0.286. The quantitative estimate of drug-likeness (QED) is 0.795. The molecule has 0 saturated heterocycles. The van der Waals surface area contributed by atoms with Crippen molar-refractivity contribution in [3.05, 3.63) is 35.7 Å². The molecule has 0 atom stereocenters. The number of hydrogen-bond donors (Lipinski definition) is 1. The normalized spacial score (nSPS) is 12.6. The molecule has 2 rings (SSSR count). The summed E-state index contributed by atoms with van der Waals surface area (Å²) in [6.45, 7) is 6.14. The van der Waals surface area contributed by atoms with E-state index in [4.69, 9.17) is 0 Å². The van der Waals surface area contributed by atoms with Crippen molar-refractivity contribution in [2.45, 2.75) is 20.8 Å². The van der Waals surface area contributed by atoms with Crippen molar-refractivity contribution in [3.8, 4) is 6.07 Å². The fourth-order valence-corrected chi connectivity index (χ4v) is 1.69. The molecule has 0 amide bonds. The zero-order valence-corrected chi connectivity index (χ0v) is 10.3. The molecule has 86 valence electrons. The molecule has 1 aromatic heterocycles. The maximum absolute atomic E-state index is 9.26. The molecule has 3 nitrogen and oxygen atoms in total. The third-order valence-corrected chi connectivity index (χ3v) is 3.00. The van der Waals surface area contributed by atoms with Crippen LogP contribution in [0.15, 0.2) is 29.8 Å². The third-order valence-electron chi connectivity index (χ3n) is 3.00. The maximum atomic E-state index is 9.26. The van der Waals surface area contributed by atoms with Gasteiger partial charge in [0.2, 0.25) is 0 Å². The van der Waals surface area contributed by atoms with E-state index in [9.17, 15) is 5.26 Å². The third kappa shape index (κ3) is 2.07. The lowest BCUT2D eigenvalue weighted by Crippen LogP contribution is -1.96. The highest BCUT2D eigenvalue weighted by atomic mass is 14.9. The number of imidazole rings is 1. The van der Waals surface area contributed by atoms with Gasteiger partial charge >= 0.3 is 0 Å². The number of nitriles is 1. The molecule has 0 unspecified atom stereocenters. The number of aromatic nitrogens is 2. The molecule has 0 aliphatic rings. The number of hydrogen-bond acceptors (Lipinski definition) is 2. The molecule has 0 bridgehead atoms. The molecule has 0 spiro atoms. The van der Waals surface area contributed by atoms with E-state index in [2.05, 4.69) is 29.9 Å². The van der Waals surface area contributed by atoms with Crippen molar-refractivity contribution in [1.29, 1.82) is 5.26 Å². The summed E-state index contributed by atoms with van der Waals surface area (Å²) in [5, 5.41) is 9.26. The summed E-state index contributed by atoms with van der Waals surface area (Å²) >= 11 is 0. The number of nitrogens with one attached hydrogen (secondary N) is 1. The molecule has 1 N–H and O–H groups in total. The highest BCUT2D eigenvalue weighted by molar-refractivity contribution is 5.83. The van der Waals surface area contributed by atoms with Gasteiger partial charge in [0.1, 0.15) is 11.9 Å². The van der Waals surface area contributed by atoms with Gasteiger partial charge in [0.15, 0.2) is 0 Å². The van der Waals surface area contributed by atoms with Gasteiger partial charge in [-0.3, -0.25) is 0 Å². The summed E-state index contributed by atoms with van der Waals surface area (Å²) in [5.74, 6) is 1.01. The van der Waals surface area contributed by atoms with Crippen molar-refractivity contribution in [2.24, 2.45) is 5.92 Å². The minimum Gasteiger partial charge on any atom is -0.337 e. The van der Waals surface area contributed by atoms with Gasteiger partial charge in [-0.2, -0.15) is 5.26 Å². The lowest BCUT2D eigenvalue weighted by atomic mass is 9.99. The van der Waals surface area contributed by atoms with Crippen LogP contribution in [0.2, 0.25) is 0 Å². The SMILES string of the molecule is C/C(=C(\C#N)c1nc2ccccc2[nH]1)C(C)C. The molecule has 0 saturated carbocycles. The molecular weight excluding hydrogens is 210 g/mol. The standard InChI is InChI=1S/C14H15N3/c1-9(2)10(3)11(8-15)14-16-12-6-4-5-7-13(12)17-14/h4-7,9H,1-3H3,(H,16,17)/b11-10-. The highest BCUT2D eigenvalue weighted by Gasteiger charge is 2.12. The first kappa shape index (κ1) is 11.4. The molecule has 0 aliphatic heterocycles. The first-order valence-corrected chi connectivity index (χ1v) is 5.69. The zero-order chi connectivity index (χ0) is 12.4. The van der Waals surface area contributed by atoms with Crippen LogP contribution < -0.4 is 0 Å². The van der Waals surface area contributed by atoms with Crippen LogP contribution in [0.25, 0.3) is 16.6 Å². The Morgan fingerprint density at radius 3 is 2.65 bits per heavy atom. The van der Waals surface area contributed by atoms with Crippen LogP contribution in [-0.2, 0) is 0 Å². The van der Waals surface area contributed by atoms with Crippen LogP contribution in [0.5, 0.6) is 0 Å². The average molecular weight is 225 g/mol. The Morgan fingerprint density at radius 1 is 1.35 bits per heavy atom. The molecule has 1 aromatic carbocycles. The van der Waals surface area contributed by atoms with Crippen LogP contribution in [-0.4, -0.2) is 9.97 Å². The van der Waals surface area contributed by atoms with Crippen LogP contribution >= 0.6 is 0 Å². The smallest absolute Gasteiger partial charge is 0.149 e. The van der Waals surface area contributed by atoms with E-state index in [1.54, 1.807) is 0 Å². The number of fused-ring (bicyclic) bond motifs is 1. The molecule has 2 aromatic rings. The van der Waals surface area contributed by atoms with E-state index < -0.39 is 0 Å². The lowest BCUT2D eigenvalue weighted by Gasteiger charge is -2.06. The molecular formula is C14H15N3. The van der Waals surface area contributed by atoms with E-state index in [0.29, 0.717) is 17.3 Å². The minimum absolute atomic E-state index is 0.345. The molecule has 1 heterocycles. The van der Waals surface area contributed by atoms with Crippen molar-refractivity contribution < 1.29 is 0 Å². The van der Waals surface area contributed by atoms with Gasteiger partial charge in [0.25, 0.3) is 0 Å². The zero-order valence-electron chi connectivity index (χ0n) is 10.3. The van der Waals surface area contributed by atoms with E-state index in [-0.39, 0.29) is 0 Å². The Balaban J connectivity index is 2.60. The largest absolute Gasteiger partial charge is 0.337 e. The number of benzene rings is 1. The second-order valence-electron chi connectivity index (χ2n) is 4.43. The van der Waals surface area contributed by atoms with Gasteiger partial charge < -0.3 is 4.98 Å². The number of rotatable bonds is 2. The van der Waals surface area contributed by atoms with Gasteiger partial charge in [0.05, 0.1) is 16.6 Å². The van der Waals surface area contributed by atoms with Gasteiger partial charge in [0, 0.05) is 0 Å². The van der Waals surface area contributed by atoms with E-state index >= 15 is 0 Å². The topological polar surface area (TPSA) is 52.5 Å². The molecule has 3 heteroatoms. The second-order valence-corrected chi connectivity index (χ2v) is 4.43. The molecule has 0 radical (unpaired) electrons. The van der Waals surface area contributed by atoms with Gasteiger partial charge in [-0.15, -0.1) is 0 Å². The second kappa shape index (κ2) is 4.42. The predicted octanol–water partition coefficient (Wildman–Crippen LogP) is 3.52. The van der Waals surface area contributed by atoms with E-state index in [1.807, 2.05) is 31.2 Å². The maximum Gasteiger partial charge on any atom is 0.149 e. The van der Waals surface area contributed by atoms with Crippen molar-refractivity contribution >= 4 is 16.6 Å². The Hall–Kier alpha value is -2.08. The van der Waals surface area contributed by atoms with Crippen LogP contribution in [0.1, 0.15) is 26.6 Å². The number of allylic oxidation sites excluding steroid dienone is 2. The summed E-state index contributed by atoms with van der Waals surface area (Å²) in [6.07, 6.45) is 0. The first-order chi connectivity index (χ1) is 8.13. The van der Waals surface area contributed by atoms with Crippen LogP contribution in [0.3, 0.4) is 0 Å². The van der Waals surface area contributed by atoms with Gasteiger partial charge in [-0.1, -0.05) is 26.0 Å². The van der Waals surface area contributed by atoms with Gasteiger partial charge in [-0.05, 0) is 30.5 Å². The summed E-state index contributed by atoms with van der Waals surface area (Å²) in [7, 11) is 0. The summed E-state index contributed by atoms with van der Waals surface area (Å²) in [5.41, 5.74) is 3.57. The van der Waals surface area contributed by atoms with Crippen LogP contribution in [0.4, 0.5) is 0 Å². The number of H-pyrrole nitrogens is 1. The predicted molar refractivity (Wildman–Crippen MR) is 69.1 cm³/mol. The Morgan fingerprint density at radius 2 is 2.06 bits per heavy atom. The lowest BCUT2D eigenvalue weighted by molar-refractivity contribution is 0.772. The van der Waals surface area contributed by atoms with Crippen LogP contribution in [0, 0.1) is 17.2 Å². The molecule has 0 aliphatic carbocycles. The monoisotopic (exact) mass is 225 g/mol. The summed E-state index contributed by atoms with van der Waals surface area (Å²) in [6, 6.07) is 10.0. The highest BCUT2D eigenvalue weighted by Crippen LogP contribution is 2.23. The van der Waals surface area contributed by atoms with Crippen molar-refractivity contribution in [2.75, 3.05) is 0 Å². The Labute approximate surface area is 101 Å². The average Bonchev–Trinajstić information content (AvgIpc) is 2.72. The fourth-order valence-electron chi connectivity index (χ4n) is 1.69. The van der Waals surface area contributed by atoms with Crippen molar-refractivity contribution in [1.82, 2.24) is 9.97 Å². The first-order valence-electron chi connectivity index (χ1n) is 5.69. The van der Waals surface area contributed by atoms with Gasteiger partial charge in [-0.25, -0.2) is 4.98 Å². The summed E-state index contributed by atoms with van der Waals surface area (Å²) < 4.78 is 0. The number of nitrogens with zero attached hydrogens (tertiary/aromatic N) is 2. The summed E-state index contributed by atoms with van der Waals surface area (Å²) in [4.78, 5) is 7.64. The minimum atomic E-state index is 0.345. The Kier molecular flexibility index (Phi) is 2.97. The number of aromatic amines is 1. The van der Waals surface area contributed by atoms with E-state index in [0.717, 1.165) is 16.6 Å².